The average Bonchev–Trinajstić information content (AvgIpc) is 2.43. The van der Waals surface area contributed by atoms with Crippen LogP contribution in [0.15, 0.2) is 0 Å². The number of nitrogen functional groups attached to an aromatic ring is 3. The number of hydrogen-bond acceptors (Lipinski definition) is 9. The monoisotopic (exact) mass is 255 g/mol. The Bertz CT molecular complexity index is 501. The highest BCUT2D eigenvalue weighted by Gasteiger charge is 2.23. The molecule has 18 heavy (non-hydrogen) atoms. The Balaban J connectivity index is 3.33. The molecule has 0 aliphatic heterocycles. The van der Waals surface area contributed by atoms with Crippen molar-refractivity contribution in [2.75, 3.05) is 0 Å². The molecule has 0 aromatic carbocycles. The Morgan fingerprint density at radius 1 is 0.778 bits per heavy atom. The predicted octanol–water partition coefficient (Wildman–Crippen LogP) is -4.32. The summed E-state index contributed by atoms with van der Waals surface area (Å²) in [7, 11) is 0. The summed E-state index contributed by atoms with van der Waals surface area (Å²) < 4.78 is 0. The van der Waals surface area contributed by atoms with Gasteiger partial charge in [0.05, 0.1) is 0 Å². The van der Waals surface area contributed by atoms with Crippen molar-refractivity contribution in [1.82, 2.24) is 31.5 Å². The van der Waals surface area contributed by atoms with Crippen LogP contribution in [0.25, 0.3) is 0 Å². The van der Waals surface area contributed by atoms with Crippen LogP contribution < -0.4 is 33.8 Å². The number of rotatable bonds is 3. The average molecular weight is 255 g/mol. The highest BCUT2D eigenvalue weighted by atomic mass is 16.2. The lowest BCUT2D eigenvalue weighted by atomic mass is 10.3. The maximum atomic E-state index is 11.4. The van der Waals surface area contributed by atoms with Crippen molar-refractivity contribution in [1.29, 1.82) is 0 Å². The Labute approximate surface area is 99.2 Å². The minimum atomic E-state index is -0.949. The first-order chi connectivity index (χ1) is 8.54. The van der Waals surface area contributed by atoms with E-state index in [1.165, 1.54) is 0 Å². The zero-order valence-corrected chi connectivity index (χ0v) is 8.80. The third-order valence-electron chi connectivity index (χ3n) is 1.71. The maximum Gasteiger partial charge on any atom is 0.304 e. The van der Waals surface area contributed by atoms with Crippen LogP contribution in [-0.2, 0) is 0 Å². The summed E-state index contributed by atoms with van der Waals surface area (Å²) in [5.74, 6) is 11.4. The van der Waals surface area contributed by atoms with Crippen LogP contribution in [-0.4, -0.2) is 32.9 Å². The molecular formula is C6H9N9O3. The Hall–Kier alpha value is -2.70. The van der Waals surface area contributed by atoms with Gasteiger partial charge in [0.1, 0.15) is 0 Å². The van der Waals surface area contributed by atoms with Gasteiger partial charge in [-0.05, 0) is 0 Å². The van der Waals surface area contributed by atoms with Crippen LogP contribution in [0.1, 0.15) is 31.6 Å². The van der Waals surface area contributed by atoms with Gasteiger partial charge in [-0.3, -0.25) is 30.7 Å². The number of nitrogens with zero attached hydrogens (tertiary/aromatic N) is 3. The van der Waals surface area contributed by atoms with Gasteiger partial charge >= 0.3 is 5.91 Å². The smallest absolute Gasteiger partial charge is 0.289 e. The summed E-state index contributed by atoms with van der Waals surface area (Å²) >= 11 is 0. The van der Waals surface area contributed by atoms with Gasteiger partial charge in [-0.15, -0.1) is 10.2 Å². The zero-order valence-electron chi connectivity index (χ0n) is 8.80. The summed E-state index contributed by atoms with van der Waals surface area (Å²) in [5.41, 5.74) is 4.19. The van der Waals surface area contributed by atoms with Crippen molar-refractivity contribution >= 4 is 17.7 Å². The van der Waals surface area contributed by atoms with Gasteiger partial charge in [-0.25, -0.2) is 22.5 Å². The molecule has 0 bridgehead atoms. The van der Waals surface area contributed by atoms with Crippen molar-refractivity contribution in [2.45, 2.75) is 0 Å². The lowest BCUT2D eigenvalue weighted by Crippen LogP contribution is -2.39. The molecule has 0 aliphatic carbocycles. The van der Waals surface area contributed by atoms with Gasteiger partial charge < -0.3 is 0 Å². The number of hydrogen-bond donors (Lipinski definition) is 6. The molecule has 0 aliphatic rings. The molecular weight excluding hydrogens is 246 g/mol. The van der Waals surface area contributed by atoms with E-state index >= 15 is 0 Å². The van der Waals surface area contributed by atoms with E-state index in [0.717, 1.165) is 0 Å². The van der Waals surface area contributed by atoms with E-state index in [9.17, 15) is 14.4 Å². The second kappa shape index (κ2) is 5.58. The fraction of sp³-hybridized carbons (Fsp3) is 0. The standard InChI is InChI=1S/C6H9N9O3/c7-11-4(16)1-2(5(17)12-8)14-15-3(10-1)6(18)13-9/h7-9H2,(H,11,16)(H,12,17)(H,13,18). The van der Waals surface area contributed by atoms with Gasteiger partial charge in [0.25, 0.3) is 11.8 Å². The SMILES string of the molecule is NNC(=O)c1nnc(C(=O)NN)c(C(=O)NN)n1. The van der Waals surface area contributed by atoms with Crippen molar-refractivity contribution in [3.8, 4) is 0 Å². The fourth-order valence-corrected chi connectivity index (χ4v) is 0.935. The van der Waals surface area contributed by atoms with E-state index in [4.69, 9.17) is 17.5 Å². The van der Waals surface area contributed by atoms with Crippen molar-refractivity contribution in [2.24, 2.45) is 17.5 Å². The van der Waals surface area contributed by atoms with Gasteiger partial charge in [0.2, 0.25) is 5.82 Å². The van der Waals surface area contributed by atoms with Crippen LogP contribution in [0.5, 0.6) is 0 Å². The zero-order chi connectivity index (χ0) is 13.7. The molecule has 12 nitrogen and oxygen atoms in total. The van der Waals surface area contributed by atoms with E-state index in [-0.39, 0.29) is 0 Å². The van der Waals surface area contributed by atoms with Crippen molar-refractivity contribution < 1.29 is 14.4 Å². The molecule has 1 aromatic heterocycles. The lowest BCUT2D eigenvalue weighted by molar-refractivity contribution is 0.0902. The number of carbonyl (C=O) groups excluding carboxylic acids is 3. The first-order valence-corrected chi connectivity index (χ1v) is 4.32. The van der Waals surface area contributed by atoms with Gasteiger partial charge in [0.15, 0.2) is 11.4 Å². The molecule has 0 radical (unpaired) electrons. The molecule has 1 aromatic rings. The highest BCUT2D eigenvalue weighted by molar-refractivity contribution is 6.04. The number of carbonyl (C=O) groups is 3. The first-order valence-electron chi connectivity index (χ1n) is 4.32. The summed E-state index contributed by atoms with van der Waals surface area (Å²) in [6, 6.07) is 0. The molecule has 1 rings (SSSR count). The molecule has 0 fully saturated rings. The molecule has 3 amide bonds. The van der Waals surface area contributed by atoms with Crippen LogP contribution in [0.3, 0.4) is 0 Å². The maximum absolute atomic E-state index is 11.4. The third-order valence-corrected chi connectivity index (χ3v) is 1.71. The molecule has 1 heterocycles. The number of amides is 3. The molecule has 0 saturated heterocycles. The van der Waals surface area contributed by atoms with E-state index in [1.807, 2.05) is 0 Å². The summed E-state index contributed by atoms with van der Waals surface area (Å²) in [6.07, 6.45) is 0. The van der Waals surface area contributed by atoms with E-state index in [0.29, 0.717) is 0 Å². The Morgan fingerprint density at radius 2 is 1.28 bits per heavy atom. The predicted molar refractivity (Wildman–Crippen MR) is 54.8 cm³/mol. The van der Waals surface area contributed by atoms with E-state index < -0.39 is 34.9 Å². The van der Waals surface area contributed by atoms with Crippen LogP contribution in [0.2, 0.25) is 0 Å². The normalized spacial score (nSPS) is 9.50. The van der Waals surface area contributed by atoms with Crippen LogP contribution >= 0.6 is 0 Å². The fourth-order valence-electron chi connectivity index (χ4n) is 0.935. The second-order valence-corrected chi connectivity index (χ2v) is 2.75. The topological polar surface area (TPSA) is 204 Å². The highest BCUT2D eigenvalue weighted by Crippen LogP contribution is 2.02. The van der Waals surface area contributed by atoms with Gasteiger partial charge in [-0.1, -0.05) is 0 Å². The number of hydrazine groups is 3. The molecule has 0 saturated carbocycles. The second-order valence-electron chi connectivity index (χ2n) is 2.75. The minimum absolute atomic E-state index is 0.492. The van der Waals surface area contributed by atoms with Crippen molar-refractivity contribution in [3.05, 3.63) is 17.2 Å². The number of aromatic nitrogens is 3. The summed E-state index contributed by atoms with van der Waals surface area (Å²) in [4.78, 5) is 37.3. The molecule has 12 heteroatoms. The molecule has 0 atom stereocenters. The van der Waals surface area contributed by atoms with Crippen LogP contribution in [0, 0.1) is 0 Å². The van der Waals surface area contributed by atoms with Crippen LogP contribution in [0.4, 0.5) is 0 Å². The molecule has 9 N–H and O–H groups in total. The third kappa shape index (κ3) is 2.51. The van der Waals surface area contributed by atoms with Gasteiger partial charge in [0, 0.05) is 0 Å². The van der Waals surface area contributed by atoms with E-state index in [2.05, 4.69) is 15.2 Å². The summed E-state index contributed by atoms with van der Waals surface area (Å²) in [6.45, 7) is 0. The largest absolute Gasteiger partial charge is 0.304 e. The minimum Gasteiger partial charge on any atom is -0.289 e. The Kier molecular flexibility index (Phi) is 4.14. The summed E-state index contributed by atoms with van der Waals surface area (Å²) in [5, 5.41) is 6.66. The van der Waals surface area contributed by atoms with Crippen molar-refractivity contribution in [3.63, 3.8) is 0 Å². The molecule has 96 valence electrons. The number of nitrogens with one attached hydrogen (secondary N) is 3. The van der Waals surface area contributed by atoms with Gasteiger partial charge in [-0.2, -0.15) is 0 Å². The Morgan fingerprint density at radius 3 is 1.78 bits per heavy atom. The first kappa shape index (κ1) is 13.4. The lowest BCUT2D eigenvalue weighted by Gasteiger charge is -2.05. The molecule has 0 spiro atoms. The quantitative estimate of drug-likeness (QED) is 0.175. The van der Waals surface area contributed by atoms with E-state index in [1.54, 1.807) is 16.3 Å². The molecule has 0 unspecified atom stereocenters. The number of nitrogens with two attached hydrogens (primary N) is 3.